The van der Waals surface area contributed by atoms with E-state index in [0.29, 0.717) is 51.9 Å². The summed E-state index contributed by atoms with van der Waals surface area (Å²) < 4.78 is 43.2. The number of fused-ring (bicyclic) bond motifs is 1. The molecule has 1 saturated heterocycles. The van der Waals surface area contributed by atoms with Crippen LogP contribution in [0.15, 0.2) is 41.4 Å². The summed E-state index contributed by atoms with van der Waals surface area (Å²) in [5.41, 5.74) is 1.05. The lowest BCUT2D eigenvalue weighted by Crippen LogP contribution is -2.40. The number of anilines is 1. The molecule has 4 rings (SSSR count). The minimum atomic E-state index is -3.53. The molecule has 0 aliphatic carbocycles. The molecule has 3 heterocycles. The zero-order valence-electron chi connectivity index (χ0n) is 15.7. The number of aromatic nitrogens is 1. The summed E-state index contributed by atoms with van der Waals surface area (Å²) >= 11 is 0. The van der Waals surface area contributed by atoms with Crippen LogP contribution in [0, 0.1) is 0 Å². The van der Waals surface area contributed by atoms with Gasteiger partial charge in [0.1, 0.15) is 23.9 Å². The Bertz CT molecular complexity index is 927. The molecule has 2 aliphatic rings. The number of morpholine rings is 1. The molecule has 0 saturated carbocycles. The Labute approximate surface area is 164 Å². The molecular formula is C19H23N3O5S. The van der Waals surface area contributed by atoms with Crippen LogP contribution in [-0.4, -0.2) is 64.3 Å². The molecule has 0 bridgehead atoms. The topological polar surface area (TPSA) is 81.2 Å². The molecule has 2 aromatic rings. The predicted molar refractivity (Wildman–Crippen MR) is 103 cm³/mol. The predicted octanol–water partition coefficient (Wildman–Crippen LogP) is 1.51. The highest BCUT2D eigenvalue weighted by atomic mass is 32.2. The molecule has 0 atom stereocenters. The molecule has 1 aromatic carbocycles. The number of benzene rings is 1. The van der Waals surface area contributed by atoms with E-state index in [2.05, 4.69) is 4.98 Å². The molecule has 0 N–H and O–H groups in total. The molecule has 0 unspecified atom stereocenters. The Kier molecular flexibility index (Phi) is 5.38. The summed E-state index contributed by atoms with van der Waals surface area (Å²) in [6.45, 7) is 3.30. The lowest BCUT2D eigenvalue weighted by molar-refractivity contribution is 0.0730. The summed E-state index contributed by atoms with van der Waals surface area (Å²) in [5.74, 6) is 2.20. The van der Waals surface area contributed by atoms with Crippen LogP contribution in [0.4, 0.5) is 5.82 Å². The van der Waals surface area contributed by atoms with Gasteiger partial charge in [-0.05, 0) is 29.8 Å². The quantitative estimate of drug-likeness (QED) is 0.746. The molecule has 28 heavy (non-hydrogen) atoms. The molecule has 8 nitrogen and oxygen atoms in total. The zero-order chi connectivity index (χ0) is 19.6. The van der Waals surface area contributed by atoms with Crippen LogP contribution >= 0.6 is 0 Å². The van der Waals surface area contributed by atoms with E-state index in [-0.39, 0.29) is 4.90 Å². The number of pyridine rings is 1. The summed E-state index contributed by atoms with van der Waals surface area (Å²) in [6.07, 6.45) is 1.42. The van der Waals surface area contributed by atoms with E-state index in [0.717, 1.165) is 17.1 Å². The van der Waals surface area contributed by atoms with Gasteiger partial charge in [0.25, 0.3) is 0 Å². The van der Waals surface area contributed by atoms with Gasteiger partial charge in [-0.2, -0.15) is 4.31 Å². The first kappa shape index (κ1) is 19.0. The van der Waals surface area contributed by atoms with E-state index in [1.165, 1.54) is 10.5 Å². The van der Waals surface area contributed by atoms with Gasteiger partial charge in [-0.15, -0.1) is 0 Å². The van der Waals surface area contributed by atoms with E-state index >= 15 is 0 Å². The lowest BCUT2D eigenvalue weighted by Gasteiger charge is -2.26. The number of sulfonamides is 1. The van der Waals surface area contributed by atoms with Gasteiger partial charge in [-0.25, -0.2) is 13.4 Å². The van der Waals surface area contributed by atoms with E-state index in [4.69, 9.17) is 14.2 Å². The van der Waals surface area contributed by atoms with Crippen molar-refractivity contribution >= 4 is 15.8 Å². The second-order valence-corrected chi connectivity index (χ2v) is 8.64. The van der Waals surface area contributed by atoms with Crippen molar-refractivity contribution in [3.63, 3.8) is 0 Å². The molecular weight excluding hydrogens is 382 g/mol. The zero-order valence-corrected chi connectivity index (χ0v) is 16.5. The van der Waals surface area contributed by atoms with Crippen LogP contribution in [-0.2, 0) is 21.3 Å². The Morgan fingerprint density at radius 3 is 2.50 bits per heavy atom. The summed E-state index contributed by atoms with van der Waals surface area (Å²) in [6, 6.07) is 9.19. The van der Waals surface area contributed by atoms with Gasteiger partial charge in [-0.3, -0.25) is 0 Å². The first-order chi connectivity index (χ1) is 13.5. The Hall–Kier alpha value is -2.36. The second-order valence-electron chi connectivity index (χ2n) is 6.70. The molecule has 0 spiro atoms. The fraction of sp³-hybridized carbons (Fsp3) is 0.421. The maximum Gasteiger partial charge on any atom is 0.244 e. The van der Waals surface area contributed by atoms with Crippen LogP contribution in [0.2, 0.25) is 0 Å². The molecule has 1 aromatic heterocycles. The van der Waals surface area contributed by atoms with Gasteiger partial charge < -0.3 is 19.1 Å². The SMILES string of the molecule is CN(Cc1ccc2c(c1)OCCO2)c1ccc(S(=O)(=O)N2CCOCC2)cn1. The molecule has 9 heteroatoms. The number of hydrogen-bond acceptors (Lipinski definition) is 7. The van der Waals surface area contributed by atoms with Crippen LogP contribution in [0.1, 0.15) is 5.56 Å². The van der Waals surface area contributed by atoms with Crippen molar-refractivity contribution in [1.29, 1.82) is 0 Å². The molecule has 0 radical (unpaired) electrons. The van der Waals surface area contributed by atoms with E-state index < -0.39 is 10.0 Å². The summed E-state index contributed by atoms with van der Waals surface area (Å²) in [5, 5.41) is 0. The fourth-order valence-electron chi connectivity index (χ4n) is 3.23. The van der Waals surface area contributed by atoms with Crippen molar-refractivity contribution in [2.75, 3.05) is 51.5 Å². The lowest BCUT2D eigenvalue weighted by atomic mass is 10.2. The van der Waals surface area contributed by atoms with Gasteiger partial charge in [0.15, 0.2) is 11.5 Å². The first-order valence-electron chi connectivity index (χ1n) is 9.18. The van der Waals surface area contributed by atoms with Crippen molar-refractivity contribution in [2.24, 2.45) is 0 Å². The minimum absolute atomic E-state index is 0.200. The fourth-order valence-corrected chi connectivity index (χ4v) is 4.58. The highest BCUT2D eigenvalue weighted by molar-refractivity contribution is 7.89. The smallest absolute Gasteiger partial charge is 0.244 e. The van der Waals surface area contributed by atoms with Gasteiger partial charge in [-0.1, -0.05) is 6.07 Å². The average molecular weight is 405 g/mol. The van der Waals surface area contributed by atoms with Crippen LogP contribution in [0.5, 0.6) is 11.5 Å². The minimum Gasteiger partial charge on any atom is -0.486 e. The summed E-state index contributed by atoms with van der Waals surface area (Å²) in [7, 11) is -1.62. The Morgan fingerprint density at radius 1 is 1.04 bits per heavy atom. The number of hydrogen-bond donors (Lipinski definition) is 0. The second kappa shape index (κ2) is 7.94. The van der Waals surface area contributed by atoms with Crippen LogP contribution in [0.3, 0.4) is 0 Å². The molecule has 1 fully saturated rings. The van der Waals surface area contributed by atoms with E-state index in [9.17, 15) is 8.42 Å². The van der Waals surface area contributed by atoms with Gasteiger partial charge >= 0.3 is 0 Å². The molecule has 150 valence electrons. The van der Waals surface area contributed by atoms with Crippen molar-refractivity contribution < 1.29 is 22.6 Å². The third-order valence-electron chi connectivity index (χ3n) is 4.75. The van der Waals surface area contributed by atoms with E-state index in [1.54, 1.807) is 12.1 Å². The van der Waals surface area contributed by atoms with Gasteiger partial charge in [0.05, 0.1) is 13.2 Å². The largest absolute Gasteiger partial charge is 0.486 e. The molecule has 2 aliphatic heterocycles. The monoisotopic (exact) mass is 405 g/mol. The molecule has 0 amide bonds. The number of ether oxygens (including phenoxy) is 3. The van der Waals surface area contributed by atoms with Crippen molar-refractivity contribution in [3.8, 4) is 11.5 Å². The summed E-state index contributed by atoms with van der Waals surface area (Å²) in [4.78, 5) is 6.51. The van der Waals surface area contributed by atoms with E-state index in [1.807, 2.05) is 30.1 Å². The normalized spacial score (nSPS) is 17.3. The van der Waals surface area contributed by atoms with Crippen LogP contribution in [0.25, 0.3) is 0 Å². The Balaban J connectivity index is 1.46. The highest BCUT2D eigenvalue weighted by Gasteiger charge is 2.26. The van der Waals surface area contributed by atoms with Crippen LogP contribution < -0.4 is 14.4 Å². The van der Waals surface area contributed by atoms with Crippen molar-refractivity contribution in [3.05, 3.63) is 42.1 Å². The highest BCUT2D eigenvalue weighted by Crippen LogP contribution is 2.31. The van der Waals surface area contributed by atoms with Gasteiger partial charge in [0.2, 0.25) is 10.0 Å². The maximum atomic E-state index is 12.7. The maximum absolute atomic E-state index is 12.7. The Morgan fingerprint density at radius 2 is 1.79 bits per heavy atom. The third-order valence-corrected chi connectivity index (χ3v) is 6.63. The number of rotatable bonds is 5. The number of nitrogens with zero attached hydrogens (tertiary/aromatic N) is 3. The van der Waals surface area contributed by atoms with Crippen molar-refractivity contribution in [2.45, 2.75) is 11.4 Å². The standard InChI is InChI=1S/C19H23N3O5S/c1-21(14-15-2-4-17-18(12-15)27-11-10-26-17)19-5-3-16(13-20-19)28(23,24)22-6-8-25-9-7-22/h2-5,12-13H,6-11,14H2,1H3. The first-order valence-corrected chi connectivity index (χ1v) is 10.6. The third kappa shape index (κ3) is 3.91. The average Bonchev–Trinajstić information content (AvgIpc) is 2.74. The van der Waals surface area contributed by atoms with Gasteiger partial charge in [0, 0.05) is 32.9 Å². The van der Waals surface area contributed by atoms with Crippen molar-refractivity contribution in [1.82, 2.24) is 9.29 Å².